The molecule has 11 heavy (non-hydrogen) atoms. The summed E-state index contributed by atoms with van der Waals surface area (Å²) >= 11 is 0. The molecule has 0 spiro atoms. The van der Waals surface area contributed by atoms with Crippen LogP contribution in [0.4, 0.5) is 4.48 Å². The smallest absolute Gasteiger partial charge is 0.0624 e. The number of likely N-dealkylation sites (N-methyl/N-ethyl adjacent to an activating group) is 1. The molecular weight excluding hydrogens is 141 g/mol. The third kappa shape index (κ3) is 3.14. The Hall–Kier alpha value is -0.890. The molecular formula is C9H11FN. The Balaban J connectivity index is 2.39. The molecule has 0 atom stereocenters. The van der Waals surface area contributed by atoms with Gasteiger partial charge in [0.2, 0.25) is 0 Å². The first kappa shape index (κ1) is 8.21. The van der Waals surface area contributed by atoms with E-state index in [2.05, 4.69) is 0 Å². The predicted molar refractivity (Wildman–Crippen MR) is 43.3 cm³/mol. The number of halogens is 1. The van der Waals surface area contributed by atoms with Crippen LogP contribution in [0, 0.1) is 6.54 Å². The number of benzene rings is 1. The van der Waals surface area contributed by atoms with Crippen molar-refractivity contribution in [3.63, 3.8) is 0 Å². The zero-order chi connectivity index (χ0) is 8.10. The molecule has 0 bridgehead atoms. The third-order valence-corrected chi connectivity index (χ3v) is 1.42. The fraction of sp³-hybridized carbons (Fsp3) is 0.222. The van der Waals surface area contributed by atoms with Crippen molar-refractivity contribution in [3.05, 3.63) is 42.4 Å². The van der Waals surface area contributed by atoms with E-state index in [4.69, 9.17) is 0 Å². The first-order chi connectivity index (χ1) is 5.29. The van der Waals surface area contributed by atoms with E-state index in [1.165, 1.54) is 13.6 Å². The van der Waals surface area contributed by atoms with Crippen molar-refractivity contribution in [2.24, 2.45) is 0 Å². The molecule has 0 aliphatic heterocycles. The van der Waals surface area contributed by atoms with E-state index in [-0.39, 0.29) is 0 Å². The van der Waals surface area contributed by atoms with Crippen LogP contribution in [0.2, 0.25) is 0 Å². The molecule has 0 fully saturated rings. The first-order valence-corrected chi connectivity index (χ1v) is 3.55. The Morgan fingerprint density at radius 3 is 2.55 bits per heavy atom. The highest BCUT2D eigenvalue weighted by Crippen LogP contribution is 2.02. The Kier molecular flexibility index (Phi) is 3.05. The topological polar surface area (TPSA) is 3.24 Å². The third-order valence-electron chi connectivity index (χ3n) is 1.42. The molecule has 1 radical (unpaired) electrons. The predicted octanol–water partition coefficient (Wildman–Crippen LogP) is 2.21. The zero-order valence-corrected chi connectivity index (χ0v) is 6.50. The molecule has 0 saturated heterocycles. The van der Waals surface area contributed by atoms with E-state index in [1.54, 1.807) is 0 Å². The van der Waals surface area contributed by atoms with Gasteiger partial charge < -0.3 is 0 Å². The number of rotatable bonds is 3. The lowest BCUT2D eigenvalue weighted by Gasteiger charge is -2.03. The van der Waals surface area contributed by atoms with Gasteiger partial charge in [-0.3, -0.25) is 0 Å². The quantitative estimate of drug-likeness (QED) is 0.600. The SMILES string of the molecule is CN(F)[CH]Cc1ccccc1. The number of hydrogen-bond donors (Lipinski definition) is 0. The summed E-state index contributed by atoms with van der Waals surface area (Å²) in [6, 6.07) is 9.78. The minimum atomic E-state index is 0.576. The minimum absolute atomic E-state index is 0.576. The van der Waals surface area contributed by atoms with Crippen LogP contribution in [-0.4, -0.2) is 12.2 Å². The van der Waals surface area contributed by atoms with Crippen molar-refractivity contribution in [2.75, 3.05) is 7.05 Å². The van der Waals surface area contributed by atoms with Crippen LogP contribution in [-0.2, 0) is 6.42 Å². The summed E-state index contributed by atoms with van der Waals surface area (Å²) < 4.78 is 12.2. The second-order valence-electron chi connectivity index (χ2n) is 2.40. The maximum absolute atomic E-state index is 12.2. The van der Waals surface area contributed by atoms with Crippen molar-refractivity contribution >= 4 is 0 Å². The summed E-state index contributed by atoms with van der Waals surface area (Å²) in [6.07, 6.45) is 0.647. The van der Waals surface area contributed by atoms with Crippen LogP contribution in [0.25, 0.3) is 0 Å². The van der Waals surface area contributed by atoms with Crippen LogP contribution in [0.15, 0.2) is 30.3 Å². The van der Waals surface area contributed by atoms with Crippen LogP contribution in [0.5, 0.6) is 0 Å². The van der Waals surface area contributed by atoms with E-state index >= 15 is 0 Å². The van der Waals surface area contributed by atoms with E-state index in [9.17, 15) is 4.48 Å². The fourth-order valence-corrected chi connectivity index (χ4v) is 0.845. The van der Waals surface area contributed by atoms with Gasteiger partial charge >= 0.3 is 0 Å². The molecule has 2 heteroatoms. The van der Waals surface area contributed by atoms with Gasteiger partial charge in [0, 0.05) is 7.05 Å². The van der Waals surface area contributed by atoms with Gasteiger partial charge in [0.1, 0.15) is 0 Å². The van der Waals surface area contributed by atoms with Crippen LogP contribution >= 0.6 is 0 Å². The van der Waals surface area contributed by atoms with Gasteiger partial charge in [-0.2, -0.15) is 0 Å². The molecule has 0 unspecified atom stereocenters. The Morgan fingerprint density at radius 2 is 2.00 bits per heavy atom. The summed E-state index contributed by atoms with van der Waals surface area (Å²) in [6.45, 7) is 1.50. The maximum atomic E-state index is 12.2. The van der Waals surface area contributed by atoms with Gasteiger partial charge in [0.25, 0.3) is 0 Å². The van der Waals surface area contributed by atoms with Gasteiger partial charge in [-0.05, 0) is 12.0 Å². The summed E-state index contributed by atoms with van der Waals surface area (Å²) in [5.74, 6) is 0. The molecule has 0 aliphatic rings. The zero-order valence-electron chi connectivity index (χ0n) is 6.50. The number of hydrogen-bond acceptors (Lipinski definition) is 1. The van der Waals surface area contributed by atoms with Crippen LogP contribution < -0.4 is 0 Å². The van der Waals surface area contributed by atoms with Crippen LogP contribution in [0.3, 0.4) is 0 Å². The van der Waals surface area contributed by atoms with Gasteiger partial charge in [-0.15, -0.1) is 9.60 Å². The molecule has 0 aliphatic carbocycles. The van der Waals surface area contributed by atoms with Crippen molar-refractivity contribution in [1.82, 2.24) is 5.12 Å². The largest absolute Gasteiger partial charge is 0.144 e. The van der Waals surface area contributed by atoms with E-state index < -0.39 is 0 Å². The molecule has 1 aromatic rings. The van der Waals surface area contributed by atoms with Crippen molar-refractivity contribution in [1.29, 1.82) is 0 Å². The highest BCUT2D eigenvalue weighted by atomic mass is 19.2. The molecule has 0 amide bonds. The lowest BCUT2D eigenvalue weighted by Crippen LogP contribution is -2.03. The Bertz CT molecular complexity index is 196. The second-order valence-corrected chi connectivity index (χ2v) is 2.40. The van der Waals surface area contributed by atoms with Crippen molar-refractivity contribution < 1.29 is 4.48 Å². The monoisotopic (exact) mass is 152 g/mol. The standard InChI is InChI=1S/C9H11FN/c1-11(10)8-7-9-5-3-2-4-6-9/h2-6,8H,7H2,1H3. The van der Waals surface area contributed by atoms with Crippen LogP contribution in [0.1, 0.15) is 5.56 Å². The van der Waals surface area contributed by atoms with E-state index in [1.807, 2.05) is 30.3 Å². The van der Waals surface area contributed by atoms with Crippen molar-refractivity contribution in [2.45, 2.75) is 6.42 Å². The molecule has 1 aromatic carbocycles. The highest BCUT2D eigenvalue weighted by molar-refractivity contribution is 5.15. The summed E-state index contributed by atoms with van der Waals surface area (Å²) in [4.78, 5) is 0. The highest BCUT2D eigenvalue weighted by Gasteiger charge is 1.95. The fourth-order valence-electron chi connectivity index (χ4n) is 0.845. The van der Waals surface area contributed by atoms with Gasteiger partial charge in [-0.1, -0.05) is 30.3 Å². The average molecular weight is 152 g/mol. The summed E-state index contributed by atoms with van der Waals surface area (Å²) in [5.41, 5.74) is 1.12. The Morgan fingerprint density at radius 1 is 1.36 bits per heavy atom. The molecule has 0 saturated carbocycles. The van der Waals surface area contributed by atoms with Gasteiger partial charge in [0.05, 0.1) is 6.54 Å². The molecule has 1 rings (SSSR count). The number of nitrogens with zero attached hydrogens (tertiary/aromatic N) is 1. The van der Waals surface area contributed by atoms with Crippen molar-refractivity contribution in [3.8, 4) is 0 Å². The summed E-state index contributed by atoms with van der Waals surface area (Å²) in [5, 5.41) is 0.576. The lowest BCUT2D eigenvalue weighted by molar-refractivity contribution is 0.0979. The minimum Gasteiger partial charge on any atom is -0.144 e. The molecule has 0 heterocycles. The molecule has 1 nitrogen and oxygen atoms in total. The lowest BCUT2D eigenvalue weighted by atomic mass is 10.1. The Labute approximate surface area is 66.4 Å². The second kappa shape index (κ2) is 4.09. The van der Waals surface area contributed by atoms with E-state index in [0.717, 1.165) is 5.56 Å². The first-order valence-electron chi connectivity index (χ1n) is 3.55. The average Bonchev–Trinajstić information content (AvgIpc) is 2.03. The van der Waals surface area contributed by atoms with Gasteiger partial charge in [-0.25, -0.2) is 0 Å². The molecule has 0 aromatic heterocycles. The molecule has 0 N–H and O–H groups in total. The van der Waals surface area contributed by atoms with Gasteiger partial charge in [0.15, 0.2) is 0 Å². The van der Waals surface area contributed by atoms with E-state index in [0.29, 0.717) is 11.5 Å². The normalized spacial score (nSPS) is 10.5. The maximum Gasteiger partial charge on any atom is 0.0624 e. The summed E-state index contributed by atoms with van der Waals surface area (Å²) in [7, 11) is 1.38. The molecule has 59 valence electrons.